The maximum atomic E-state index is 12.7. The first-order valence-electron chi connectivity index (χ1n) is 9.63. The Bertz CT molecular complexity index is 959. The van der Waals surface area contributed by atoms with Crippen molar-refractivity contribution in [1.29, 1.82) is 0 Å². The molecule has 0 fully saturated rings. The molecule has 8 heteroatoms. The van der Waals surface area contributed by atoms with E-state index in [-0.39, 0.29) is 17.9 Å². The van der Waals surface area contributed by atoms with Crippen molar-refractivity contribution < 1.29 is 19.1 Å². The highest BCUT2D eigenvalue weighted by molar-refractivity contribution is 8.16. The number of esters is 1. The average molecular weight is 430 g/mol. The molecule has 0 saturated carbocycles. The Balaban J connectivity index is 2.06. The van der Waals surface area contributed by atoms with Crippen molar-refractivity contribution in [2.75, 3.05) is 14.2 Å². The van der Waals surface area contributed by atoms with Crippen LogP contribution in [0.5, 0.6) is 5.75 Å². The van der Waals surface area contributed by atoms with Crippen molar-refractivity contribution >= 4 is 28.8 Å². The fraction of sp³-hybridized carbons (Fsp3) is 0.409. The number of hydrogen-bond donors (Lipinski definition) is 1. The van der Waals surface area contributed by atoms with Gasteiger partial charge >= 0.3 is 5.97 Å². The highest BCUT2D eigenvalue weighted by Gasteiger charge is 2.42. The van der Waals surface area contributed by atoms with Crippen molar-refractivity contribution in [2.45, 2.75) is 45.7 Å². The van der Waals surface area contributed by atoms with Gasteiger partial charge < -0.3 is 19.7 Å². The second-order valence-electron chi connectivity index (χ2n) is 8.10. The molecule has 0 aromatic heterocycles. The average Bonchev–Trinajstić information content (AvgIpc) is 3.06. The molecule has 0 spiro atoms. The van der Waals surface area contributed by atoms with Crippen LogP contribution in [0, 0.1) is 0 Å². The fourth-order valence-corrected chi connectivity index (χ4v) is 4.52. The van der Waals surface area contributed by atoms with Crippen LogP contribution in [0.3, 0.4) is 0 Å². The number of amidine groups is 1. The van der Waals surface area contributed by atoms with Crippen LogP contribution in [0.15, 0.2) is 51.6 Å². The molecule has 0 aliphatic carbocycles. The SMILES string of the molecule is COC(=O)C1=C(C)N=C2SC=C(CC(=O)NC(C)(C)C)N2C1c1ccccc1OC. The molecule has 1 amide bonds. The van der Waals surface area contributed by atoms with Crippen LogP contribution in [-0.2, 0) is 14.3 Å². The lowest BCUT2D eigenvalue weighted by molar-refractivity contribution is -0.136. The number of thioether (sulfide) groups is 1. The molecule has 1 unspecified atom stereocenters. The highest BCUT2D eigenvalue weighted by Crippen LogP contribution is 2.46. The summed E-state index contributed by atoms with van der Waals surface area (Å²) in [4.78, 5) is 31.9. The zero-order chi connectivity index (χ0) is 22.1. The van der Waals surface area contributed by atoms with Gasteiger partial charge in [-0.2, -0.15) is 0 Å². The van der Waals surface area contributed by atoms with Gasteiger partial charge in [0.25, 0.3) is 0 Å². The zero-order valence-electron chi connectivity index (χ0n) is 18.1. The van der Waals surface area contributed by atoms with E-state index in [0.29, 0.717) is 17.0 Å². The molecule has 7 nitrogen and oxygen atoms in total. The summed E-state index contributed by atoms with van der Waals surface area (Å²) < 4.78 is 10.7. The number of aliphatic imine (C=N–C) groups is 1. The summed E-state index contributed by atoms with van der Waals surface area (Å²) in [6, 6.07) is 7.03. The Labute approximate surface area is 181 Å². The molecule has 1 aromatic rings. The number of amides is 1. The second kappa shape index (κ2) is 8.55. The summed E-state index contributed by atoms with van der Waals surface area (Å²) in [6.07, 6.45) is 0.169. The number of allylic oxidation sites excluding steroid dienone is 1. The van der Waals surface area contributed by atoms with Gasteiger partial charge in [0, 0.05) is 16.8 Å². The molecule has 0 bridgehead atoms. The Morgan fingerprint density at radius 2 is 1.93 bits per heavy atom. The van der Waals surface area contributed by atoms with Crippen LogP contribution in [-0.4, -0.2) is 41.7 Å². The van der Waals surface area contributed by atoms with E-state index in [1.54, 1.807) is 14.0 Å². The summed E-state index contributed by atoms with van der Waals surface area (Å²) >= 11 is 1.44. The number of rotatable bonds is 5. The van der Waals surface area contributed by atoms with Crippen molar-refractivity contribution in [2.24, 2.45) is 4.99 Å². The molecule has 1 N–H and O–H groups in total. The van der Waals surface area contributed by atoms with Gasteiger partial charge in [-0.05, 0) is 39.2 Å². The summed E-state index contributed by atoms with van der Waals surface area (Å²) in [5, 5.41) is 5.62. The van der Waals surface area contributed by atoms with Crippen LogP contribution in [0.1, 0.15) is 45.7 Å². The number of hydrogen-bond acceptors (Lipinski definition) is 7. The normalized spacial score (nSPS) is 18.5. The van der Waals surface area contributed by atoms with Gasteiger partial charge in [0.15, 0.2) is 5.17 Å². The molecule has 0 radical (unpaired) electrons. The Kier molecular flexibility index (Phi) is 6.26. The number of carbonyl (C=O) groups excluding carboxylic acids is 2. The van der Waals surface area contributed by atoms with Gasteiger partial charge in [0.05, 0.1) is 38.0 Å². The third-order valence-electron chi connectivity index (χ3n) is 4.70. The predicted octanol–water partition coefficient (Wildman–Crippen LogP) is 3.75. The quantitative estimate of drug-likeness (QED) is 0.718. The van der Waals surface area contributed by atoms with E-state index in [0.717, 1.165) is 16.4 Å². The highest BCUT2D eigenvalue weighted by atomic mass is 32.2. The van der Waals surface area contributed by atoms with Crippen LogP contribution < -0.4 is 10.1 Å². The van der Waals surface area contributed by atoms with Crippen LogP contribution in [0.4, 0.5) is 0 Å². The van der Waals surface area contributed by atoms with Crippen LogP contribution >= 0.6 is 11.8 Å². The number of nitrogens with zero attached hydrogens (tertiary/aromatic N) is 2. The van der Waals surface area contributed by atoms with Gasteiger partial charge in [0.2, 0.25) is 5.91 Å². The Hall–Kier alpha value is -2.74. The fourth-order valence-electron chi connectivity index (χ4n) is 3.55. The smallest absolute Gasteiger partial charge is 0.338 e. The molecular weight excluding hydrogens is 402 g/mol. The first-order valence-corrected chi connectivity index (χ1v) is 10.5. The molecule has 30 heavy (non-hydrogen) atoms. The minimum atomic E-state index is -0.509. The molecule has 3 rings (SSSR count). The molecule has 160 valence electrons. The second-order valence-corrected chi connectivity index (χ2v) is 8.94. The van der Waals surface area contributed by atoms with Crippen LogP contribution in [0.2, 0.25) is 0 Å². The summed E-state index contributed by atoms with van der Waals surface area (Å²) in [6.45, 7) is 7.62. The largest absolute Gasteiger partial charge is 0.496 e. The van der Waals surface area contributed by atoms with Crippen molar-refractivity contribution in [3.63, 3.8) is 0 Å². The molecule has 1 aromatic carbocycles. The number of methoxy groups -OCH3 is 2. The molecule has 1 atom stereocenters. The number of ether oxygens (including phenoxy) is 2. The third-order valence-corrected chi connectivity index (χ3v) is 5.58. The number of nitrogens with one attached hydrogen (secondary N) is 1. The molecule has 2 aliphatic rings. The van der Waals surface area contributed by atoms with Crippen molar-refractivity contribution in [3.05, 3.63) is 52.2 Å². The lowest BCUT2D eigenvalue weighted by Crippen LogP contribution is -2.42. The lowest BCUT2D eigenvalue weighted by Gasteiger charge is -2.36. The van der Waals surface area contributed by atoms with E-state index in [1.165, 1.54) is 18.9 Å². The number of fused-ring (bicyclic) bond motifs is 1. The van der Waals surface area contributed by atoms with Crippen molar-refractivity contribution in [1.82, 2.24) is 10.2 Å². The van der Waals surface area contributed by atoms with Gasteiger partial charge in [-0.15, -0.1) is 0 Å². The maximum Gasteiger partial charge on any atom is 0.338 e. The van der Waals surface area contributed by atoms with E-state index in [2.05, 4.69) is 10.3 Å². The first-order chi connectivity index (χ1) is 14.2. The zero-order valence-corrected chi connectivity index (χ0v) is 18.9. The number of para-hydroxylation sites is 1. The topological polar surface area (TPSA) is 80.2 Å². The lowest BCUT2D eigenvalue weighted by atomic mass is 9.93. The number of carbonyl (C=O) groups is 2. The summed E-state index contributed by atoms with van der Waals surface area (Å²) in [5.41, 5.74) is 2.25. The van der Waals surface area contributed by atoms with E-state index < -0.39 is 12.0 Å². The third kappa shape index (κ3) is 4.38. The van der Waals surface area contributed by atoms with Crippen LogP contribution in [0.25, 0.3) is 0 Å². The van der Waals surface area contributed by atoms with Gasteiger partial charge in [-0.3, -0.25) is 4.79 Å². The molecule has 2 aliphatic heterocycles. The molecule has 2 heterocycles. The summed E-state index contributed by atoms with van der Waals surface area (Å²) in [7, 11) is 2.95. The standard InChI is InChI=1S/C22H27N3O4S/c1-13-18(20(27)29-6)19(15-9-7-8-10-16(15)28-5)25-14(12-30-21(25)23-13)11-17(26)24-22(2,3)4/h7-10,12,19H,11H2,1-6H3,(H,24,26). The number of benzene rings is 1. The minimum absolute atomic E-state index is 0.0970. The summed E-state index contributed by atoms with van der Waals surface area (Å²) in [5.74, 6) is 0.0928. The monoisotopic (exact) mass is 429 g/mol. The molecular formula is C22H27N3O4S. The van der Waals surface area contributed by atoms with Gasteiger partial charge in [0.1, 0.15) is 5.75 Å². The Morgan fingerprint density at radius 3 is 2.57 bits per heavy atom. The molecule has 0 saturated heterocycles. The van der Waals surface area contributed by atoms with Gasteiger partial charge in [-0.25, -0.2) is 9.79 Å². The van der Waals surface area contributed by atoms with E-state index in [9.17, 15) is 9.59 Å². The predicted molar refractivity (Wildman–Crippen MR) is 118 cm³/mol. The van der Waals surface area contributed by atoms with E-state index in [1.807, 2.05) is 55.3 Å². The van der Waals surface area contributed by atoms with E-state index >= 15 is 0 Å². The van der Waals surface area contributed by atoms with E-state index in [4.69, 9.17) is 9.47 Å². The van der Waals surface area contributed by atoms with Crippen molar-refractivity contribution in [3.8, 4) is 5.75 Å². The minimum Gasteiger partial charge on any atom is -0.496 e. The maximum absolute atomic E-state index is 12.7. The van der Waals surface area contributed by atoms with Gasteiger partial charge in [-0.1, -0.05) is 30.0 Å². The first kappa shape index (κ1) is 22.0. The Morgan fingerprint density at radius 1 is 1.23 bits per heavy atom.